The zero-order chi connectivity index (χ0) is 25.2. The van der Waals surface area contributed by atoms with Crippen LogP contribution in [0.1, 0.15) is 29.2 Å². The quantitative estimate of drug-likeness (QED) is 0.163. The Morgan fingerprint density at radius 1 is 0.971 bits per heavy atom. The third kappa shape index (κ3) is 6.59. The molecular weight excluding hydrogens is 462 g/mol. The Balaban J connectivity index is 2.01. The van der Waals surface area contributed by atoms with Gasteiger partial charge in [0, 0.05) is 10.6 Å². The fourth-order valence-corrected chi connectivity index (χ4v) is 3.71. The predicted molar refractivity (Wildman–Crippen MR) is 140 cm³/mol. The van der Waals surface area contributed by atoms with Crippen molar-refractivity contribution in [3.05, 3.63) is 94.5 Å². The second-order valence-electron chi connectivity index (χ2n) is 7.59. The van der Waals surface area contributed by atoms with Crippen LogP contribution >= 0.6 is 11.6 Å². The summed E-state index contributed by atoms with van der Waals surface area (Å²) >= 11 is 6.00. The topological polar surface area (TPSA) is 60.7 Å². The summed E-state index contributed by atoms with van der Waals surface area (Å²) in [4.78, 5) is 0. The number of ether oxygens (including phenoxy) is 4. The number of halogens is 1. The van der Waals surface area contributed by atoms with Crippen molar-refractivity contribution in [2.45, 2.75) is 20.0 Å². The number of hydrogen-bond acceptors (Lipinski definition) is 5. The first-order chi connectivity index (χ1) is 17.0. The third-order valence-electron chi connectivity index (χ3n) is 5.24. The third-order valence-corrected chi connectivity index (χ3v) is 5.49. The van der Waals surface area contributed by atoms with E-state index in [9.17, 15) is 5.26 Å². The van der Waals surface area contributed by atoms with E-state index in [4.69, 9.17) is 30.5 Å². The molecule has 0 N–H and O–H groups in total. The molecule has 0 aliphatic carbocycles. The Kier molecular flexibility index (Phi) is 9.23. The second kappa shape index (κ2) is 12.5. The number of nitriles is 1. The molecule has 3 aromatic rings. The van der Waals surface area contributed by atoms with Crippen molar-refractivity contribution in [1.29, 1.82) is 5.26 Å². The SMILES string of the molecule is C=CCc1cc(/C=C(\C#N)c2ccc(OC)c(OC)c2)cc(OCC)c1OCc1ccc(Cl)cc1. The van der Waals surface area contributed by atoms with Gasteiger partial charge < -0.3 is 18.9 Å². The fraction of sp³-hybridized carbons (Fsp3) is 0.207. The van der Waals surface area contributed by atoms with Crippen molar-refractivity contribution in [3.8, 4) is 29.1 Å². The molecule has 0 aliphatic rings. The van der Waals surface area contributed by atoms with Crippen LogP contribution in [0.5, 0.6) is 23.0 Å². The van der Waals surface area contributed by atoms with Gasteiger partial charge in [0.15, 0.2) is 23.0 Å². The van der Waals surface area contributed by atoms with Crippen LogP contribution in [0, 0.1) is 11.3 Å². The van der Waals surface area contributed by atoms with E-state index in [1.807, 2.05) is 61.5 Å². The summed E-state index contributed by atoms with van der Waals surface area (Å²) in [6.45, 7) is 6.64. The summed E-state index contributed by atoms with van der Waals surface area (Å²) < 4.78 is 22.8. The van der Waals surface area contributed by atoms with Crippen LogP contribution < -0.4 is 18.9 Å². The number of benzene rings is 3. The summed E-state index contributed by atoms with van der Waals surface area (Å²) in [5.74, 6) is 2.42. The van der Waals surface area contributed by atoms with E-state index in [1.165, 1.54) is 0 Å². The number of nitrogens with zero attached hydrogens (tertiary/aromatic N) is 1. The molecule has 3 rings (SSSR count). The van der Waals surface area contributed by atoms with Crippen LogP contribution in [0.3, 0.4) is 0 Å². The summed E-state index contributed by atoms with van der Waals surface area (Å²) in [5, 5.41) is 10.6. The highest BCUT2D eigenvalue weighted by Crippen LogP contribution is 2.36. The fourth-order valence-electron chi connectivity index (χ4n) is 3.59. The molecule has 180 valence electrons. The lowest BCUT2D eigenvalue weighted by Gasteiger charge is -2.17. The first-order valence-corrected chi connectivity index (χ1v) is 11.5. The first-order valence-electron chi connectivity index (χ1n) is 11.1. The van der Waals surface area contributed by atoms with Gasteiger partial charge in [-0.3, -0.25) is 0 Å². The molecule has 35 heavy (non-hydrogen) atoms. The van der Waals surface area contributed by atoms with Gasteiger partial charge in [-0.2, -0.15) is 5.26 Å². The van der Waals surface area contributed by atoms with Gasteiger partial charge in [-0.15, -0.1) is 6.58 Å². The van der Waals surface area contributed by atoms with E-state index in [0.717, 1.165) is 22.3 Å². The highest BCUT2D eigenvalue weighted by atomic mass is 35.5. The zero-order valence-corrected chi connectivity index (χ0v) is 20.9. The van der Waals surface area contributed by atoms with Crippen molar-refractivity contribution in [1.82, 2.24) is 0 Å². The Morgan fingerprint density at radius 2 is 1.71 bits per heavy atom. The Hall–Kier alpha value is -3.88. The smallest absolute Gasteiger partial charge is 0.165 e. The summed E-state index contributed by atoms with van der Waals surface area (Å²) in [5.41, 5.74) is 3.92. The first kappa shape index (κ1) is 25.7. The van der Waals surface area contributed by atoms with Crippen molar-refractivity contribution >= 4 is 23.3 Å². The van der Waals surface area contributed by atoms with Gasteiger partial charge in [0.25, 0.3) is 0 Å². The van der Waals surface area contributed by atoms with Crippen molar-refractivity contribution in [2.75, 3.05) is 20.8 Å². The summed E-state index contributed by atoms with van der Waals surface area (Å²) in [7, 11) is 3.14. The van der Waals surface area contributed by atoms with E-state index < -0.39 is 0 Å². The highest BCUT2D eigenvalue weighted by Gasteiger charge is 2.15. The molecule has 0 aromatic heterocycles. The number of allylic oxidation sites excluding steroid dienone is 2. The average Bonchev–Trinajstić information content (AvgIpc) is 2.87. The number of methoxy groups -OCH3 is 2. The normalized spacial score (nSPS) is 10.9. The molecule has 0 unspecified atom stereocenters. The average molecular weight is 490 g/mol. The molecule has 0 saturated heterocycles. The van der Waals surface area contributed by atoms with Gasteiger partial charge in [0.1, 0.15) is 6.61 Å². The Morgan fingerprint density at radius 3 is 2.34 bits per heavy atom. The lowest BCUT2D eigenvalue weighted by molar-refractivity contribution is 0.267. The van der Waals surface area contributed by atoms with Gasteiger partial charge >= 0.3 is 0 Å². The molecule has 0 heterocycles. The Bertz CT molecular complexity index is 1240. The number of rotatable bonds is 11. The van der Waals surface area contributed by atoms with Gasteiger partial charge in [-0.05, 0) is 78.6 Å². The van der Waals surface area contributed by atoms with Crippen LogP contribution in [-0.4, -0.2) is 20.8 Å². The van der Waals surface area contributed by atoms with Gasteiger partial charge in [0.05, 0.1) is 32.5 Å². The zero-order valence-electron chi connectivity index (χ0n) is 20.1. The molecule has 3 aromatic carbocycles. The van der Waals surface area contributed by atoms with Crippen LogP contribution in [-0.2, 0) is 13.0 Å². The molecular formula is C29H28ClNO4. The summed E-state index contributed by atoms with van der Waals surface area (Å²) in [6.07, 6.45) is 4.21. The van der Waals surface area contributed by atoms with Gasteiger partial charge in [-0.25, -0.2) is 0 Å². The lowest BCUT2D eigenvalue weighted by atomic mass is 10.00. The van der Waals surface area contributed by atoms with Crippen LogP contribution in [0.15, 0.2) is 67.3 Å². The van der Waals surface area contributed by atoms with Gasteiger partial charge in [0.2, 0.25) is 0 Å². The van der Waals surface area contributed by atoms with Crippen molar-refractivity contribution in [2.24, 2.45) is 0 Å². The second-order valence-corrected chi connectivity index (χ2v) is 8.02. The molecule has 6 heteroatoms. The van der Waals surface area contributed by atoms with E-state index in [1.54, 1.807) is 26.4 Å². The Labute approximate surface area is 211 Å². The largest absolute Gasteiger partial charge is 0.493 e. The minimum Gasteiger partial charge on any atom is -0.493 e. The molecule has 0 fully saturated rings. The molecule has 0 saturated carbocycles. The van der Waals surface area contributed by atoms with Crippen molar-refractivity contribution in [3.63, 3.8) is 0 Å². The molecule has 0 atom stereocenters. The monoisotopic (exact) mass is 489 g/mol. The summed E-state index contributed by atoms with van der Waals surface area (Å²) in [6, 6.07) is 19.1. The van der Waals surface area contributed by atoms with E-state index in [-0.39, 0.29) is 0 Å². The van der Waals surface area contributed by atoms with Gasteiger partial charge in [-0.1, -0.05) is 29.8 Å². The van der Waals surface area contributed by atoms with E-state index >= 15 is 0 Å². The maximum absolute atomic E-state index is 9.89. The molecule has 0 spiro atoms. The standard InChI is InChI=1S/C29H28ClNO4/c1-5-7-23-14-21(15-24(18-31)22-10-13-26(32-3)27(17-22)33-4)16-28(34-6-2)29(23)35-19-20-8-11-25(30)12-9-20/h5,8-17H,1,6-7,19H2,2-4H3/b24-15+. The molecule has 0 aliphatic heterocycles. The number of hydrogen-bond donors (Lipinski definition) is 0. The maximum atomic E-state index is 9.89. The maximum Gasteiger partial charge on any atom is 0.165 e. The van der Waals surface area contributed by atoms with Crippen LogP contribution in [0.4, 0.5) is 0 Å². The molecule has 5 nitrogen and oxygen atoms in total. The van der Waals surface area contributed by atoms with E-state index in [0.29, 0.717) is 53.2 Å². The highest BCUT2D eigenvalue weighted by molar-refractivity contribution is 6.30. The van der Waals surface area contributed by atoms with Crippen LogP contribution in [0.25, 0.3) is 11.6 Å². The predicted octanol–water partition coefficient (Wildman–Crippen LogP) is 7.13. The lowest BCUT2D eigenvalue weighted by Crippen LogP contribution is -2.03. The van der Waals surface area contributed by atoms with E-state index in [2.05, 4.69) is 12.6 Å². The molecule has 0 amide bonds. The van der Waals surface area contributed by atoms with Crippen molar-refractivity contribution < 1.29 is 18.9 Å². The molecule has 0 bridgehead atoms. The van der Waals surface area contributed by atoms with Crippen LogP contribution in [0.2, 0.25) is 5.02 Å². The molecule has 0 radical (unpaired) electrons. The minimum atomic E-state index is 0.367. The minimum absolute atomic E-state index is 0.367.